The minimum atomic E-state index is -0.107. The molecule has 1 fully saturated rings. The Hall–Kier alpha value is -3.64. The number of ether oxygens (including phenoxy) is 1. The lowest BCUT2D eigenvalue weighted by atomic mass is 9.85. The van der Waals surface area contributed by atoms with E-state index in [0.717, 1.165) is 41.6 Å². The number of nitrogens with two attached hydrogens (primary N) is 1. The van der Waals surface area contributed by atoms with Gasteiger partial charge in [0, 0.05) is 31.2 Å². The Morgan fingerprint density at radius 1 is 0.882 bits per heavy atom. The highest BCUT2D eigenvalue weighted by molar-refractivity contribution is 5.93. The third kappa shape index (κ3) is 6.45. The summed E-state index contributed by atoms with van der Waals surface area (Å²) in [5, 5.41) is 2.99. The fraction of sp³-hybridized carbons (Fsp3) is 0.286. The predicted molar refractivity (Wildman–Crippen MR) is 133 cm³/mol. The number of carbonyl (C=O) groups excluding carboxylic acids is 2. The van der Waals surface area contributed by atoms with Crippen molar-refractivity contribution >= 4 is 17.5 Å². The van der Waals surface area contributed by atoms with Crippen molar-refractivity contribution in [2.75, 3.05) is 11.9 Å². The molecule has 176 valence electrons. The van der Waals surface area contributed by atoms with E-state index in [0.29, 0.717) is 25.4 Å². The van der Waals surface area contributed by atoms with Crippen molar-refractivity contribution in [2.45, 2.75) is 38.9 Å². The van der Waals surface area contributed by atoms with Gasteiger partial charge >= 0.3 is 0 Å². The maximum atomic E-state index is 13.1. The Kier molecular flexibility index (Phi) is 7.94. The SMILES string of the molecule is NCc1cccc(CN(Cc2ccc(NC(=O)C3CCC3)cc2)C(=O)COc2ccccc2)c1. The standard InChI is InChI=1S/C28H31N3O3/c29-17-22-6-4-7-23(16-22)19-31(27(32)20-34-26-10-2-1-3-11-26)18-21-12-14-25(15-13-21)30-28(33)24-8-5-9-24/h1-4,6-7,10-16,24H,5,8-9,17-20,29H2,(H,30,33). The van der Waals surface area contributed by atoms with Crippen LogP contribution in [0, 0.1) is 5.92 Å². The van der Waals surface area contributed by atoms with E-state index in [-0.39, 0.29) is 24.3 Å². The van der Waals surface area contributed by atoms with Gasteiger partial charge in [0.15, 0.2) is 6.61 Å². The van der Waals surface area contributed by atoms with Crippen LogP contribution in [0.3, 0.4) is 0 Å². The van der Waals surface area contributed by atoms with Crippen LogP contribution >= 0.6 is 0 Å². The molecule has 0 unspecified atom stereocenters. The molecule has 0 saturated heterocycles. The molecule has 4 rings (SSSR count). The summed E-state index contributed by atoms with van der Waals surface area (Å²) < 4.78 is 5.71. The Morgan fingerprint density at radius 2 is 1.59 bits per heavy atom. The number of carbonyl (C=O) groups is 2. The van der Waals surface area contributed by atoms with Gasteiger partial charge in [0.25, 0.3) is 5.91 Å². The summed E-state index contributed by atoms with van der Waals surface area (Å²) in [6, 6.07) is 25.0. The summed E-state index contributed by atoms with van der Waals surface area (Å²) >= 11 is 0. The van der Waals surface area contributed by atoms with Gasteiger partial charge in [-0.25, -0.2) is 0 Å². The predicted octanol–water partition coefficient (Wildman–Crippen LogP) is 4.49. The highest BCUT2D eigenvalue weighted by Crippen LogP contribution is 2.27. The number of amides is 2. The number of rotatable bonds is 10. The first-order chi connectivity index (χ1) is 16.6. The molecule has 6 nitrogen and oxygen atoms in total. The van der Waals surface area contributed by atoms with Crippen molar-refractivity contribution in [3.05, 3.63) is 95.6 Å². The van der Waals surface area contributed by atoms with Gasteiger partial charge in [-0.1, -0.05) is 61.0 Å². The molecule has 0 radical (unpaired) electrons. The van der Waals surface area contributed by atoms with Gasteiger partial charge in [-0.3, -0.25) is 9.59 Å². The van der Waals surface area contributed by atoms with Gasteiger partial charge in [0.05, 0.1) is 0 Å². The second-order valence-electron chi connectivity index (χ2n) is 8.69. The number of hydrogen-bond donors (Lipinski definition) is 2. The van der Waals surface area contributed by atoms with Gasteiger partial charge in [-0.2, -0.15) is 0 Å². The van der Waals surface area contributed by atoms with Crippen LogP contribution in [0.4, 0.5) is 5.69 Å². The topological polar surface area (TPSA) is 84.7 Å². The summed E-state index contributed by atoms with van der Waals surface area (Å²) in [6.45, 7) is 1.29. The average molecular weight is 458 g/mol. The monoisotopic (exact) mass is 457 g/mol. The molecular weight excluding hydrogens is 426 g/mol. The molecule has 0 bridgehead atoms. The Labute approximate surface area is 200 Å². The molecule has 0 atom stereocenters. The maximum absolute atomic E-state index is 13.1. The lowest BCUT2D eigenvalue weighted by molar-refractivity contribution is -0.134. The minimum absolute atomic E-state index is 0.0455. The Morgan fingerprint density at radius 3 is 2.26 bits per heavy atom. The van der Waals surface area contributed by atoms with E-state index in [9.17, 15) is 9.59 Å². The summed E-state index contributed by atoms with van der Waals surface area (Å²) in [6.07, 6.45) is 3.07. The number of nitrogens with one attached hydrogen (secondary N) is 1. The van der Waals surface area contributed by atoms with Gasteiger partial charge in [-0.05, 0) is 53.8 Å². The molecule has 0 aliphatic heterocycles. The van der Waals surface area contributed by atoms with Crippen molar-refractivity contribution in [2.24, 2.45) is 11.7 Å². The van der Waals surface area contributed by atoms with Crippen LogP contribution in [-0.4, -0.2) is 23.3 Å². The molecule has 34 heavy (non-hydrogen) atoms. The first kappa shape index (κ1) is 23.5. The first-order valence-corrected chi connectivity index (χ1v) is 11.7. The van der Waals surface area contributed by atoms with E-state index in [4.69, 9.17) is 10.5 Å². The largest absolute Gasteiger partial charge is 0.484 e. The van der Waals surface area contributed by atoms with Crippen molar-refractivity contribution in [3.63, 3.8) is 0 Å². The second-order valence-corrected chi connectivity index (χ2v) is 8.69. The van der Waals surface area contributed by atoms with Crippen LogP contribution in [0.25, 0.3) is 0 Å². The number of nitrogens with zero attached hydrogens (tertiary/aromatic N) is 1. The van der Waals surface area contributed by atoms with Crippen molar-refractivity contribution in [1.82, 2.24) is 4.90 Å². The molecule has 3 aromatic carbocycles. The second kappa shape index (κ2) is 11.5. The average Bonchev–Trinajstić information content (AvgIpc) is 2.83. The zero-order valence-electron chi connectivity index (χ0n) is 19.3. The fourth-order valence-corrected chi connectivity index (χ4v) is 3.89. The summed E-state index contributed by atoms with van der Waals surface area (Å²) in [7, 11) is 0. The van der Waals surface area contributed by atoms with Gasteiger partial charge in [0.2, 0.25) is 5.91 Å². The zero-order valence-corrected chi connectivity index (χ0v) is 19.3. The summed E-state index contributed by atoms with van der Waals surface area (Å²) in [5.41, 5.74) is 9.59. The molecule has 0 aromatic heterocycles. The lowest BCUT2D eigenvalue weighted by Gasteiger charge is -2.25. The number of benzene rings is 3. The normalized spacial score (nSPS) is 13.1. The van der Waals surface area contributed by atoms with E-state index in [1.54, 1.807) is 4.90 Å². The van der Waals surface area contributed by atoms with E-state index >= 15 is 0 Å². The number of anilines is 1. The molecule has 0 heterocycles. The van der Waals surface area contributed by atoms with E-state index in [1.807, 2.05) is 78.9 Å². The van der Waals surface area contributed by atoms with Gasteiger partial charge in [0.1, 0.15) is 5.75 Å². The van der Waals surface area contributed by atoms with Crippen LogP contribution in [0.2, 0.25) is 0 Å². The highest BCUT2D eigenvalue weighted by atomic mass is 16.5. The molecule has 3 N–H and O–H groups in total. The third-order valence-electron chi connectivity index (χ3n) is 6.13. The quantitative estimate of drug-likeness (QED) is 0.470. The van der Waals surface area contributed by atoms with Crippen molar-refractivity contribution in [1.29, 1.82) is 0 Å². The Balaban J connectivity index is 1.43. The van der Waals surface area contributed by atoms with Crippen LogP contribution in [-0.2, 0) is 29.2 Å². The molecule has 1 saturated carbocycles. The molecule has 1 aliphatic rings. The molecule has 2 amide bonds. The van der Waals surface area contributed by atoms with Gasteiger partial charge < -0.3 is 20.7 Å². The zero-order chi connectivity index (χ0) is 23.8. The lowest BCUT2D eigenvalue weighted by Crippen LogP contribution is -2.34. The number of para-hydroxylation sites is 1. The Bertz CT molecular complexity index is 1100. The third-order valence-corrected chi connectivity index (χ3v) is 6.13. The highest BCUT2D eigenvalue weighted by Gasteiger charge is 2.25. The molecule has 0 spiro atoms. The number of hydrogen-bond acceptors (Lipinski definition) is 4. The van der Waals surface area contributed by atoms with Crippen molar-refractivity contribution < 1.29 is 14.3 Å². The molecular formula is C28H31N3O3. The molecule has 3 aromatic rings. The van der Waals surface area contributed by atoms with Crippen LogP contribution < -0.4 is 15.8 Å². The minimum Gasteiger partial charge on any atom is -0.484 e. The van der Waals surface area contributed by atoms with Crippen LogP contribution in [0.5, 0.6) is 5.75 Å². The smallest absolute Gasteiger partial charge is 0.261 e. The maximum Gasteiger partial charge on any atom is 0.261 e. The summed E-state index contributed by atoms with van der Waals surface area (Å²) in [5.74, 6) is 0.784. The molecule has 1 aliphatic carbocycles. The van der Waals surface area contributed by atoms with Gasteiger partial charge in [-0.15, -0.1) is 0 Å². The first-order valence-electron chi connectivity index (χ1n) is 11.7. The van der Waals surface area contributed by atoms with E-state index in [2.05, 4.69) is 5.32 Å². The van der Waals surface area contributed by atoms with E-state index < -0.39 is 0 Å². The summed E-state index contributed by atoms with van der Waals surface area (Å²) in [4.78, 5) is 27.1. The van der Waals surface area contributed by atoms with Crippen molar-refractivity contribution in [3.8, 4) is 5.75 Å². The molecule has 6 heteroatoms. The van der Waals surface area contributed by atoms with Crippen LogP contribution in [0.1, 0.15) is 36.0 Å². The van der Waals surface area contributed by atoms with Crippen LogP contribution in [0.15, 0.2) is 78.9 Å². The van der Waals surface area contributed by atoms with E-state index in [1.165, 1.54) is 0 Å². The fourth-order valence-electron chi connectivity index (χ4n) is 3.89.